The molecule has 2 aromatic heterocycles. The maximum atomic E-state index is 15.6. The number of benzene rings is 2. The van der Waals surface area contributed by atoms with Crippen molar-refractivity contribution in [3.8, 4) is 39.8 Å². The number of hydrogen-bond donors (Lipinski definition) is 0. The Morgan fingerprint density at radius 1 is 0.941 bits per heavy atom. The van der Waals surface area contributed by atoms with E-state index < -0.39 is 11.8 Å². The van der Waals surface area contributed by atoms with E-state index in [1.807, 2.05) is 0 Å². The predicted octanol–water partition coefficient (Wildman–Crippen LogP) is 5.31. The summed E-state index contributed by atoms with van der Waals surface area (Å²) in [6.45, 7) is 1.88. The smallest absolute Gasteiger partial charge is 0.340 e. The Morgan fingerprint density at radius 3 is 2.38 bits per heavy atom. The van der Waals surface area contributed by atoms with E-state index in [4.69, 9.17) is 18.9 Å². The number of rotatable bonds is 7. The fourth-order valence-electron chi connectivity index (χ4n) is 3.85. The van der Waals surface area contributed by atoms with Gasteiger partial charge >= 0.3 is 5.97 Å². The molecule has 0 spiro atoms. The number of esters is 1. The summed E-state index contributed by atoms with van der Waals surface area (Å²) in [5, 5.41) is 0.564. The van der Waals surface area contributed by atoms with Gasteiger partial charge in [-0.25, -0.2) is 14.2 Å². The van der Waals surface area contributed by atoms with Gasteiger partial charge in [0.2, 0.25) is 5.88 Å². The maximum Gasteiger partial charge on any atom is 0.340 e. The van der Waals surface area contributed by atoms with E-state index in [-0.39, 0.29) is 29.3 Å². The largest absolute Gasteiger partial charge is 0.496 e. The highest BCUT2D eigenvalue weighted by Gasteiger charge is 2.25. The summed E-state index contributed by atoms with van der Waals surface area (Å²) in [6, 6.07) is 13.6. The van der Waals surface area contributed by atoms with Crippen LogP contribution < -0.4 is 14.2 Å². The van der Waals surface area contributed by atoms with Crippen LogP contribution in [0, 0.1) is 5.82 Å². The SMILES string of the molecule is CCOC(=O)c1cnc2c(OC)cccc2c1-c1cc(F)c(-c2ccccc2OC)nc1OC. The number of aromatic nitrogens is 2. The Bertz CT molecular complexity index is 1370. The minimum absolute atomic E-state index is 0.0617. The molecule has 34 heavy (non-hydrogen) atoms. The van der Waals surface area contributed by atoms with Crippen molar-refractivity contribution >= 4 is 16.9 Å². The Morgan fingerprint density at radius 2 is 1.68 bits per heavy atom. The van der Waals surface area contributed by atoms with Crippen LogP contribution in [0.4, 0.5) is 4.39 Å². The molecule has 8 heteroatoms. The van der Waals surface area contributed by atoms with Gasteiger partial charge in [-0.1, -0.05) is 24.3 Å². The Kier molecular flexibility index (Phi) is 6.58. The molecular weight excluding hydrogens is 439 g/mol. The van der Waals surface area contributed by atoms with Crippen LogP contribution in [0.3, 0.4) is 0 Å². The highest BCUT2D eigenvalue weighted by atomic mass is 19.1. The zero-order chi connectivity index (χ0) is 24.2. The minimum Gasteiger partial charge on any atom is -0.496 e. The third-order valence-electron chi connectivity index (χ3n) is 5.34. The number of pyridine rings is 2. The second-order valence-corrected chi connectivity index (χ2v) is 7.20. The molecule has 0 aliphatic heterocycles. The van der Waals surface area contributed by atoms with E-state index in [1.54, 1.807) is 49.4 Å². The van der Waals surface area contributed by atoms with Gasteiger partial charge in [0.1, 0.15) is 22.7 Å². The molecule has 0 amide bonds. The molecule has 0 atom stereocenters. The molecule has 174 valence electrons. The number of carbonyl (C=O) groups is 1. The van der Waals surface area contributed by atoms with Crippen molar-refractivity contribution in [2.24, 2.45) is 0 Å². The van der Waals surface area contributed by atoms with Gasteiger partial charge in [-0.15, -0.1) is 0 Å². The third kappa shape index (κ3) is 3.98. The molecule has 0 bridgehead atoms. The van der Waals surface area contributed by atoms with Gasteiger partial charge in [0.05, 0.1) is 33.5 Å². The van der Waals surface area contributed by atoms with Crippen LogP contribution in [-0.4, -0.2) is 43.9 Å². The van der Waals surface area contributed by atoms with E-state index >= 15 is 4.39 Å². The Hall–Kier alpha value is -4.20. The topological polar surface area (TPSA) is 79.8 Å². The van der Waals surface area contributed by atoms with Gasteiger partial charge in [0, 0.05) is 28.3 Å². The number of carbonyl (C=O) groups excluding carboxylic acids is 1. The fraction of sp³-hybridized carbons (Fsp3) is 0.192. The van der Waals surface area contributed by atoms with Gasteiger partial charge in [-0.3, -0.25) is 4.98 Å². The molecule has 0 radical (unpaired) electrons. The standard InChI is InChI=1S/C26H23FN2O5/c1-5-34-26(30)18-14-28-24-16(10-8-12-21(24)32-3)22(18)17-13-19(27)23(29-25(17)33-4)15-9-6-7-11-20(15)31-2/h6-14H,5H2,1-4H3. The molecule has 4 rings (SSSR count). The number of fused-ring (bicyclic) bond motifs is 1. The van der Waals surface area contributed by atoms with Crippen molar-refractivity contribution < 1.29 is 28.1 Å². The molecule has 0 unspecified atom stereocenters. The van der Waals surface area contributed by atoms with Gasteiger partial charge in [-0.05, 0) is 31.2 Å². The molecular formula is C26H23FN2O5. The van der Waals surface area contributed by atoms with Crippen LogP contribution in [0.1, 0.15) is 17.3 Å². The molecule has 0 N–H and O–H groups in total. The van der Waals surface area contributed by atoms with E-state index in [1.165, 1.54) is 33.6 Å². The average Bonchev–Trinajstić information content (AvgIpc) is 2.87. The first-order valence-corrected chi connectivity index (χ1v) is 10.5. The minimum atomic E-state index is -0.608. The van der Waals surface area contributed by atoms with Gasteiger partial charge in [0.25, 0.3) is 0 Å². The monoisotopic (exact) mass is 462 g/mol. The van der Waals surface area contributed by atoms with Crippen LogP contribution in [0.15, 0.2) is 54.7 Å². The highest BCUT2D eigenvalue weighted by molar-refractivity contribution is 6.08. The maximum absolute atomic E-state index is 15.6. The van der Waals surface area contributed by atoms with E-state index in [9.17, 15) is 4.79 Å². The lowest BCUT2D eigenvalue weighted by molar-refractivity contribution is 0.0527. The summed E-state index contributed by atoms with van der Waals surface area (Å²) in [5.41, 5.74) is 1.86. The number of ether oxygens (including phenoxy) is 4. The summed E-state index contributed by atoms with van der Waals surface area (Å²) in [7, 11) is 4.47. The first kappa shape index (κ1) is 23.0. The van der Waals surface area contributed by atoms with E-state index in [2.05, 4.69) is 9.97 Å². The van der Waals surface area contributed by atoms with E-state index in [0.29, 0.717) is 33.5 Å². The highest BCUT2D eigenvalue weighted by Crippen LogP contribution is 2.41. The molecule has 0 saturated carbocycles. The number of methoxy groups -OCH3 is 3. The van der Waals surface area contributed by atoms with Crippen molar-refractivity contribution in [1.82, 2.24) is 9.97 Å². The zero-order valence-corrected chi connectivity index (χ0v) is 19.2. The normalized spacial score (nSPS) is 10.7. The lowest BCUT2D eigenvalue weighted by Crippen LogP contribution is -2.09. The molecule has 0 fully saturated rings. The van der Waals surface area contributed by atoms with Crippen LogP contribution >= 0.6 is 0 Å². The molecule has 4 aromatic rings. The fourth-order valence-corrected chi connectivity index (χ4v) is 3.85. The van der Waals surface area contributed by atoms with Crippen LogP contribution in [0.2, 0.25) is 0 Å². The van der Waals surface area contributed by atoms with Crippen LogP contribution in [0.25, 0.3) is 33.3 Å². The summed E-state index contributed by atoms with van der Waals surface area (Å²) in [5.74, 6) is -0.0978. The summed E-state index contributed by atoms with van der Waals surface area (Å²) >= 11 is 0. The van der Waals surface area contributed by atoms with Crippen molar-refractivity contribution in [2.75, 3.05) is 27.9 Å². The van der Waals surface area contributed by atoms with Crippen molar-refractivity contribution in [2.45, 2.75) is 6.92 Å². The second-order valence-electron chi connectivity index (χ2n) is 7.20. The molecule has 2 aromatic carbocycles. The lowest BCUT2D eigenvalue weighted by Gasteiger charge is -2.17. The number of nitrogens with zero attached hydrogens (tertiary/aromatic N) is 2. The van der Waals surface area contributed by atoms with Crippen molar-refractivity contribution in [3.63, 3.8) is 0 Å². The summed E-state index contributed by atoms with van der Waals surface area (Å²) < 4.78 is 37.2. The molecule has 0 saturated heterocycles. The number of hydrogen-bond acceptors (Lipinski definition) is 7. The summed E-state index contributed by atoms with van der Waals surface area (Å²) in [6.07, 6.45) is 1.39. The molecule has 2 heterocycles. The van der Waals surface area contributed by atoms with Gasteiger partial charge in [0.15, 0.2) is 5.82 Å². The van der Waals surface area contributed by atoms with Crippen molar-refractivity contribution in [1.29, 1.82) is 0 Å². The molecule has 0 aliphatic rings. The summed E-state index contributed by atoms with van der Waals surface area (Å²) in [4.78, 5) is 21.7. The quantitative estimate of drug-likeness (QED) is 0.345. The second kappa shape index (κ2) is 9.74. The van der Waals surface area contributed by atoms with Gasteiger partial charge < -0.3 is 18.9 Å². The lowest BCUT2D eigenvalue weighted by atomic mass is 9.95. The predicted molar refractivity (Wildman–Crippen MR) is 126 cm³/mol. The van der Waals surface area contributed by atoms with Crippen molar-refractivity contribution in [3.05, 3.63) is 66.1 Å². The van der Waals surface area contributed by atoms with Crippen LogP contribution in [-0.2, 0) is 4.74 Å². The van der Waals surface area contributed by atoms with Gasteiger partial charge in [-0.2, -0.15) is 0 Å². The average molecular weight is 462 g/mol. The zero-order valence-electron chi connectivity index (χ0n) is 19.2. The number of halogens is 1. The Labute approximate surface area is 196 Å². The van der Waals surface area contributed by atoms with Crippen LogP contribution in [0.5, 0.6) is 17.4 Å². The Balaban J connectivity index is 2.04. The third-order valence-corrected chi connectivity index (χ3v) is 5.34. The van der Waals surface area contributed by atoms with E-state index in [0.717, 1.165) is 0 Å². The number of para-hydroxylation sites is 2. The molecule has 0 aliphatic carbocycles. The first-order valence-electron chi connectivity index (χ1n) is 10.5. The first-order chi connectivity index (χ1) is 16.5. The molecule has 7 nitrogen and oxygen atoms in total.